The summed E-state index contributed by atoms with van der Waals surface area (Å²) in [6, 6.07) is 9.63. The summed E-state index contributed by atoms with van der Waals surface area (Å²) in [4.78, 5) is 33.7. The molecule has 0 radical (unpaired) electrons. The van der Waals surface area contributed by atoms with Crippen molar-refractivity contribution in [2.75, 3.05) is 0 Å². The maximum absolute atomic E-state index is 13.7. The summed E-state index contributed by atoms with van der Waals surface area (Å²) >= 11 is 3.14. The van der Waals surface area contributed by atoms with Crippen LogP contribution >= 0.6 is 15.9 Å². The van der Waals surface area contributed by atoms with Crippen LogP contribution in [0.2, 0.25) is 0 Å². The molecule has 0 aliphatic rings. The third-order valence-electron chi connectivity index (χ3n) is 3.27. The highest BCUT2D eigenvalue weighted by Gasteiger charge is 2.12. The average Bonchev–Trinajstić information content (AvgIpc) is 2.59. The number of nitro benzene ring substituents is 1. The van der Waals surface area contributed by atoms with E-state index in [2.05, 4.69) is 26.8 Å². The van der Waals surface area contributed by atoms with E-state index in [1.54, 1.807) is 12.1 Å². The van der Waals surface area contributed by atoms with Gasteiger partial charge >= 0.3 is 0 Å². The number of non-ortho nitro benzene ring substituents is 1. The molecule has 0 spiro atoms. The molecule has 2 aromatic carbocycles. The molecule has 0 aromatic heterocycles. The van der Waals surface area contributed by atoms with Gasteiger partial charge in [-0.1, -0.05) is 28.1 Å². The Labute approximate surface area is 150 Å². The molecule has 0 saturated heterocycles. The molecule has 2 N–H and O–H groups in total. The minimum Gasteiger partial charge on any atom is -0.273 e. The van der Waals surface area contributed by atoms with Crippen LogP contribution in [0.4, 0.5) is 10.1 Å². The summed E-state index contributed by atoms with van der Waals surface area (Å²) in [5.74, 6) is -1.63. The van der Waals surface area contributed by atoms with Crippen LogP contribution in [0.25, 0.3) is 0 Å². The number of rotatable bonds is 5. The number of benzene rings is 2. The summed E-state index contributed by atoms with van der Waals surface area (Å²) in [6.07, 6.45) is 0.130. The van der Waals surface area contributed by atoms with Crippen LogP contribution in [0.3, 0.4) is 0 Å². The average molecular weight is 410 g/mol. The fraction of sp³-hybridized carbons (Fsp3) is 0.125. The monoisotopic (exact) mass is 409 g/mol. The molecule has 130 valence electrons. The second-order valence-electron chi connectivity index (χ2n) is 5.05. The number of nitrogens with one attached hydrogen (secondary N) is 2. The third-order valence-corrected chi connectivity index (χ3v) is 3.76. The Kier molecular flexibility index (Phi) is 6.18. The van der Waals surface area contributed by atoms with Gasteiger partial charge in [-0.2, -0.15) is 0 Å². The molecule has 0 heterocycles. The Hall–Kier alpha value is -2.81. The van der Waals surface area contributed by atoms with Crippen LogP contribution in [0.1, 0.15) is 22.3 Å². The van der Waals surface area contributed by atoms with Gasteiger partial charge in [-0.05, 0) is 30.2 Å². The predicted molar refractivity (Wildman–Crippen MR) is 91.1 cm³/mol. The smallest absolute Gasteiger partial charge is 0.270 e. The molecule has 0 aliphatic carbocycles. The predicted octanol–water partition coefficient (Wildman–Crippen LogP) is 2.89. The van der Waals surface area contributed by atoms with E-state index in [4.69, 9.17) is 0 Å². The van der Waals surface area contributed by atoms with E-state index in [-0.39, 0.29) is 24.1 Å². The van der Waals surface area contributed by atoms with E-state index >= 15 is 0 Å². The van der Waals surface area contributed by atoms with Gasteiger partial charge in [0.25, 0.3) is 11.6 Å². The molecule has 0 atom stereocenters. The summed E-state index contributed by atoms with van der Waals surface area (Å²) in [5.41, 5.74) is 4.54. The van der Waals surface area contributed by atoms with Crippen molar-refractivity contribution in [3.63, 3.8) is 0 Å². The first kappa shape index (κ1) is 18.5. The van der Waals surface area contributed by atoms with Gasteiger partial charge in [-0.15, -0.1) is 0 Å². The molecule has 7 nitrogen and oxygen atoms in total. The number of aryl methyl sites for hydroxylation is 1. The van der Waals surface area contributed by atoms with Crippen molar-refractivity contribution in [3.8, 4) is 0 Å². The molecule has 0 saturated carbocycles. The fourth-order valence-electron chi connectivity index (χ4n) is 1.99. The molecule has 0 aliphatic heterocycles. The van der Waals surface area contributed by atoms with Crippen LogP contribution in [-0.2, 0) is 11.2 Å². The van der Waals surface area contributed by atoms with Crippen molar-refractivity contribution in [3.05, 3.63) is 74.0 Å². The second-order valence-corrected chi connectivity index (χ2v) is 5.96. The summed E-state index contributed by atoms with van der Waals surface area (Å²) in [7, 11) is 0. The number of amides is 2. The highest BCUT2D eigenvalue weighted by atomic mass is 79.9. The zero-order valence-corrected chi connectivity index (χ0v) is 14.4. The Morgan fingerprint density at radius 1 is 1.16 bits per heavy atom. The molecular formula is C16H13BrFN3O4. The first-order valence-corrected chi connectivity index (χ1v) is 7.93. The van der Waals surface area contributed by atoms with Gasteiger partial charge in [0.05, 0.1) is 4.92 Å². The quantitative estimate of drug-likeness (QED) is 0.585. The van der Waals surface area contributed by atoms with E-state index in [0.29, 0.717) is 10.0 Å². The number of nitrogens with zero attached hydrogens (tertiary/aromatic N) is 1. The first-order valence-electron chi connectivity index (χ1n) is 7.14. The first-order chi connectivity index (χ1) is 11.9. The summed E-state index contributed by atoms with van der Waals surface area (Å²) in [5, 5.41) is 10.7. The standard InChI is InChI=1S/C16H13BrFN3O4/c17-12-6-4-10(14(18)9-12)5-7-15(22)19-20-16(23)11-2-1-3-13(8-11)21(24)25/h1-4,6,8-9H,5,7H2,(H,19,22)(H,20,23). The van der Waals surface area contributed by atoms with Crippen molar-refractivity contribution >= 4 is 33.4 Å². The van der Waals surface area contributed by atoms with Gasteiger partial charge in [0.2, 0.25) is 5.91 Å². The number of hydrogen-bond acceptors (Lipinski definition) is 4. The number of hydrazine groups is 1. The molecule has 2 amide bonds. The van der Waals surface area contributed by atoms with Crippen molar-refractivity contribution in [2.45, 2.75) is 12.8 Å². The number of hydrogen-bond donors (Lipinski definition) is 2. The lowest BCUT2D eigenvalue weighted by Crippen LogP contribution is -2.41. The largest absolute Gasteiger partial charge is 0.273 e. The minimum absolute atomic E-state index is 0.0340. The second kappa shape index (κ2) is 8.34. The lowest BCUT2D eigenvalue weighted by Gasteiger charge is -2.08. The molecule has 0 bridgehead atoms. The number of carbonyl (C=O) groups is 2. The Balaban J connectivity index is 1.86. The molecule has 9 heteroatoms. The maximum Gasteiger partial charge on any atom is 0.270 e. The number of halogens is 2. The third kappa shape index (κ3) is 5.35. The van der Waals surface area contributed by atoms with Crippen molar-refractivity contribution in [2.24, 2.45) is 0 Å². The van der Waals surface area contributed by atoms with Gasteiger partial charge in [-0.25, -0.2) is 4.39 Å². The van der Waals surface area contributed by atoms with Gasteiger partial charge in [-0.3, -0.25) is 30.6 Å². The normalized spacial score (nSPS) is 10.2. The molecule has 0 fully saturated rings. The highest BCUT2D eigenvalue weighted by molar-refractivity contribution is 9.10. The van der Waals surface area contributed by atoms with Crippen molar-refractivity contribution in [1.29, 1.82) is 0 Å². The van der Waals surface area contributed by atoms with Gasteiger partial charge in [0.1, 0.15) is 5.82 Å². The fourth-order valence-corrected chi connectivity index (χ4v) is 2.33. The maximum atomic E-state index is 13.7. The van der Waals surface area contributed by atoms with Crippen LogP contribution in [0, 0.1) is 15.9 Å². The van der Waals surface area contributed by atoms with Crippen LogP contribution in [0.5, 0.6) is 0 Å². The van der Waals surface area contributed by atoms with Crippen molar-refractivity contribution < 1.29 is 18.9 Å². The summed E-state index contributed by atoms with van der Waals surface area (Å²) < 4.78 is 14.3. The van der Waals surface area contributed by atoms with E-state index in [1.165, 1.54) is 24.3 Å². The van der Waals surface area contributed by atoms with Gasteiger partial charge in [0, 0.05) is 28.6 Å². The number of carbonyl (C=O) groups excluding carboxylic acids is 2. The molecule has 2 aromatic rings. The molecule has 2 rings (SSSR count). The SMILES string of the molecule is O=C(CCc1ccc(Br)cc1F)NNC(=O)c1cccc([N+](=O)[O-])c1. The van der Waals surface area contributed by atoms with E-state index in [0.717, 1.165) is 6.07 Å². The Morgan fingerprint density at radius 2 is 1.92 bits per heavy atom. The molecular weight excluding hydrogens is 397 g/mol. The van der Waals surface area contributed by atoms with Crippen molar-refractivity contribution in [1.82, 2.24) is 10.9 Å². The lowest BCUT2D eigenvalue weighted by molar-refractivity contribution is -0.384. The highest BCUT2D eigenvalue weighted by Crippen LogP contribution is 2.16. The van der Waals surface area contributed by atoms with Crippen LogP contribution in [0.15, 0.2) is 46.9 Å². The summed E-state index contributed by atoms with van der Waals surface area (Å²) in [6.45, 7) is 0. The topological polar surface area (TPSA) is 101 Å². The van der Waals surface area contributed by atoms with Gasteiger partial charge < -0.3 is 0 Å². The lowest BCUT2D eigenvalue weighted by atomic mass is 10.1. The van der Waals surface area contributed by atoms with E-state index in [9.17, 15) is 24.1 Å². The Morgan fingerprint density at radius 3 is 2.60 bits per heavy atom. The van der Waals surface area contributed by atoms with Crippen LogP contribution < -0.4 is 10.9 Å². The van der Waals surface area contributed by atoms with Gasteiger partial charge in [0.15, 0.2) is 0 Å². The zero-order valence-electron chi connectivity index (χ0n) is 12.8. The zero-order chi connectivity index (χ0) is 18.4. The molecule has 0 unspecified atom stereocenters. The number of nitro groups is 1. The Bertz CT molecular complexity index is 829. The van der Waals surface area contributed by atoms with Crippen LogP contribution in [-0.4, -0.2) is 16.7 Å². The molecule has 25 heavy (non-hydrogen) atoms. The van der Waals surface area contributed by atoms with E-state index in [1.807, 2.05) is 0 Å². The van der Waals surface area contributed by atoms with E-state index < -0.39 is 22.6 Å². The minimum atomic E-state index is -0.688.